The van der Waals surface area contributed by atoms with E-state index >= 15 is 0 Å². The molecule has 1 rings (SSSR count). The predicted molar refractivity (Wildman–Crippen MR) is 70.1 cm³/mol. The lowest BCUT2D eigenvalue weighted by atomic mass is 10.00. The molecular formula is C14H25NO3. The Bertz CT molecular complexity index is 344. The topological polar surface area (TPSA) is 66.4 Å². The predicted octanol–water partition coefficient (Wildman–Crippen LogP) is 2.28. The fourth-order valence-corrected chi connectivity index (χ4v) is 2.76. The SMILES string of the molecule is CC(C)C(CC(=O)O)NC(=O)C1C(C)(C)C1(C)C. The van der Waals surface area contributed by atoms with E-state index in [4.69, 9.17) is 5.11 Å². The van der Waals surface area contributed by atoms with E-state index in [1.165, 1.54) is 0 Å². The number of aliphatic carboxylic acids is 1. The van der Waals surface area contributed by atoms with Crippen LogP contribution in [0.4, 0.5) is 0 Å². The lowest BCUT2D eigenvalue weighted by Gasteiger charge is -2.21. The number of carbonyl (C=O) groups excluding carboxylic acids is 1. The Labute approximate surface area is 109 Å². The smallest absolute Gasteiger partial charge is 0.305 e. The molecule has 104 valence electrons. The Morgan fingerprint density at radius 2 is 1.61 bits per heavy atom. The summed E-state index contributed by atoms with van der Waals surface area (Å²) in [5.41, 5.74) is -0.0241. The molecule has 1 atom stereocenters. The highest BCUT2D eigenvalue weighted by molar-refractivity contribution is 5.84. The zero-order valence-electron chi connectivity index (χ0n) is 12.2. The minimum Gasteiger partial charge on any atom is -0.481 e. The molecular weight excluding hydrogens is 230 g/mol. The minimum absolute atomic E-state index is 0.00931. The van der Waals surface area contributed by atoms with Crippen molar-refractivity contribution in [2.75, 3.05) is 0 Å². The van der Waals surface area contributed by atoms with Gasteiger partial charge in [-0.05, 0) is 16.7 Å². The highest BCUT2D eigenvalue weighted by atomic mass is 16.4. The summed E-state index contributed by atoms with van der Waals surface area (Å²) in [4.78, 5) is 23.0. The summed E-state index contributed by atoms with van der Waals surface area (Å²) in [5, 5.41) is 11.8. The van der Waals surface area contributed by atoms with Crippen LogP contribution in [0.15, 0.2) is 0 Å². The first-order valence-corrected chi connectivity index (χ1v) is 6.54. The van der Waals surface area contributed by atoms with Crippen LogP contribution < -0.4 is 5.32 Å². The molecule has 0 heterocycles. The van der Waals surface area contributed by atoms with Gasteiger partial charge in [0, 0.05) is 12.0 Å². The fraction of sp³-hybridized carbons (Fsp3) is 0.857. The molecule has 0 aromatic carbocycles. The quantitative estimate of drug-likeness (QED) is 0.792. The minimum atomic E-state index is -0.872. The number of hydrogen-bond acceptors (Lipinski definition) is 2. The van der Waals surface area contributed by atoms with Gasteiger partial charge in [0.25, 0.3) is 0 Å². The maximum Gasteiger partial charge on any atom is 0.305 e. The highest BCUT2D eigenvalue weighted by Crippen LogP contribution is 2.68. The summed E-state index contributed by atoms with van der Waals surface area (Å²) >= 11 is 0. The second kappa shape index (κ2) is 4.56. The van der Waals surface area contributed by atoms with E-state index in [1.54, 1.807) is 0 Å². The molecule has 4 heteroatoms. The molecule has 0 radical (unpaired) electrons. The van der Waals surface area contributed by atoms with Crippen LogP contribution in [-0.4, -0.2) is 23.0 Å². The molecule has 0 spiro atoms. The number of carbonyl (C=O) groups is 2. The normalized spacial score (nSPS) is 22.6. The van der Waals surface area contributed by atoms with Gasteiger partial charge in [0.1, 0.15) is 0 Å². The van der Waals surface area contributed by atoms with E-state index in [-0.39, 0.29) is 41.0 Å². The molecule has 1 aliphatic rings. The van der Waals surface area contributed by atoms with Gasteiger partial charge in [0.2, 0.25) is 5.91 Å². The summed E-state index contributed by atoms with van der Waals surface area (Å²) in [6.07, 6.45) is -0.0169. The van der Waals surface area contributed by atoms with Crippen LogP contribution in [0.3, 0.4) is 0 Å². The Balaban J connectivity index is 2.67. The van der Waals surface area contributed by atoms with Crippen LogP contribution in [-0.2, 0) is 9.59 Å². The highest BCUT2D eigenvalue weighted by Gasteiger charge is 2.68. The van der Waals surface area contributed by atoms with Crippen molar-refractivity contribution < 1.29 is 14.7 Å². The molecule has 0 aromatic rings. The van der Waals surface area contributed by atoms with Gasteiger partial charge in [-0.2, -0.15) is 0 Å². The molecule has 1 unspecified atom stereocenters. The standard InChI is InChI=1S/C14H25NO3/c1-8(2)9(7-10(16)17)15-12(18)11-13(3,4)14(11,5)6/h8-9,11H,7H2,1-6H3,(H,15,18)(H,16,17). The Hall–Kier alpha value is -1.06. The van der Waals surface area contributed by atoms with Crippen LogP contribution in [0, 0.1) is 22.7 Å². The Morgan fingerprint density at radius 1 is 1.17 bits per heavy atom. The third-order valence-corrected chi connectivity index (χ3v) is 4.81. The van der Waals surface area contributed by atoms with E-state index in [0.717, 1.165) is 0 Å². The van der Waals surface area contributed by atoms with Gasteiger partial charge < -0.3 is 10.4 Å². The number of carboxylic acids is 1. The molecule has 4 nitrogen and oxygen atoms in total. The number of carboxylic acid groups (broad SMARTS) is 1. The van der Waals surface area contributed by atoms with Gasteiger partial charge in [-0.1, -0.05) is 41.5 Å². The number of rotatable bonds is 5. The third kappa shape index (κ3) is 2.52. The van der Waals surface area contributed by atoms with Gasteiger partial charge in [0.05, 0.1) is 6.42 Å². The fourth-order valence-electron chi connectivity index (χ4n) is 2.76. The maximum absolute atomic E-state index is 12.2. The molecule has 18 heavy (non-hydrogen) atoms. The molecule has 1 saturated carbocycles. The average Bonchev–Trinajstić information content (AvgIpc) is 2.54. The summed E-state index contributed by atoms with van der Waals surface area (Å²) in [5.74, 6) is -0.789. The van der Waals surface area contributed by atoms with E-state index in [2.05, 4.69) is 33.0 Å². The lowest BCUT2D eigenvalue weighted by Crippen LogP contribution is -2.41. The monoisotopic (exact) mass is 255 g/mol. The van der Waals surface area contributed by atoms with E-state index in [0.29, 0.717) is 0 Å². The molecule has 0 aromatic heterocycles. The van der Waals surface area contributed by atoms with E-state index in [9.17, 15) is 9.59 Å². The third-order valence-electron chi connectivity index (χ3n) is 4.81. The van der Waals surface area contributed by atoms with Crippen molar-refractivity contribution >= 4 is 11.9 Å². The van der Waals surface area contributed by atoms with Crippen LogP contribution in [0.1, 0.15) is 48.0 Å². The molecule has 2 N–H and O–H groups in total. The van der Waals surface area contributed by atoms with Crippen molar-refractivity contribution in [2.45, 2.75) is 54.0 Å². The zero-order chi connectivity index (χ0) is 14.3. The van der Waals surface area contributed by atoms with Crippen molar-refractivity contribution in [3.63, 3.8) is 0 Å². The molecule has 1 fully saturated rings. The van der Waals surface area contributed by atoms with Crippen molar-refractivity contribution in [3.05, 3.63) is 0 Å². The first kappa shape index (κ1) is 15.0. The van der Waals surface area contributed by atoms with Gasteiger partial charge in [-0.25, -0.2) is 0 Å². The van der Waals surface area contributed by atoms with Crippen LogP contribution in [0.2, 0.25) is 0 Å². The second-order valence-corrected chi connectivity index (χ2v) is 6.83. The van der Waals surface area contributed by atoms with Gasteiger partial charge >= 0.3 is 5.97 Å². The lowest BCUT2D eigenvalue weighted by molar-refractivity contribution is -0.138. The molecule has 0 bridgehead atoms. The van der Waals surface area contributed by atoms with Gasteiger partial charge in [-0.3, -0.25) is 9.59 Å². The van der Waals surface area contributed by atoms with Crippen LogP contribution in [0.25, 0.3) is 0 Å². The molecule has 0 saturated heterocycles. The van der Waals surface area contributed by atoms with Gasteiger partial charge in [-0.15, -0.1) is 0 Å². The van der Waals surface area contributed by atoms with E-state index < -0.39 is 5.97 Å². The first-order valence-electron chi connectivity index (χ1n) is 6.54. The number of nitrogens with one attached hydrogen (secondary N) is 1. The first-order chi connectivity index (χ1) is 8.01. The van der Waals surface area contributed by atoms with E-state index in [1.807, 2.05) is 13.8 Å². The Kier molecular flexibility index (Phi) is 3.80. The summed E-state index contributed by atoms with van der Waals surface area (Å²) < 4.78 is 0. The molecule has 1 aliphatic carbocycles. The zero-order valence-corrected chi connectivity index (χ0v) is 12.2. The van der Waals surface area contributed by atoms with Crippen molar-refractivity contribution in [1.29, 1.82) is 0 Å². The average molecular weight is 255 g/mol. The largest absolute Gasteiger partial charge is 0.481 e. The maximum atomic E-state index is 12.2. The van der Waals surface area contributed by atoms with Crippen molar-refractivity contribution in [2.24, 2.45) is 22.7 Å². The summed E-state index contributed by atoms with van der Waals surface area (Å²) in [6.45, 7) is 12.2. The van der Waals surface area contributed by atoms with Crippen LogP contribution >= 0.6 is 0 Å². The second-order valence-electron chi connectivity index (χ2n) is 6.83. The molecule has 0 aliphatic heterocycles. The number of amides is 1. The van der Waals surface area contributed by atoms with Crippen molar-refractivity contribution in [3.8, 4) is 0 Å². The van der Waals surface area contributed by atoms with Gasteiger partial charge in [0.15, 0.2) is 0 Å². The molecule has 1 amide bonds. The summed E-state index contributed by atoms with van der Waals surface area (Å²) in [7, 11) is 0. The van der Waals surface area contributed by atoms with Crippen LogP contribution in [0.5, 0.6) is 0 Å². The van der Waals surface area contributed by atoms with Crippen molar-refractivity contribution in [1.82, 2.24) is 5.32 Å². The summed E-state index contributed by atoms with van der Waals surface area (Å²) in [6, 6.07) is -0.290. The Morgan fingerprint density at radius 3 is 1.89 bits per heavy atom. The number of hydrogen-bond donors (Lipinski definition) is 2.